The van der Waals surface area contributed by atoms with E-state index in [0.717, 1.165) is 11.0 Å². The van der Waals surface area contributed by atoms with Gasteiger partial charge in [0.25, 0.3) is 10.0 Å². The third-order valence-corrected chi connectivity index (χ3v) is 4.90. The highest BCUT2D eigenvalue weighted by atomic mass is 32.2. The molecule has 0 radical (unpaired) electrons. The molecule has 2 N–H and O–H groups in total. The molecule has 0 bridgehead atoms. The van der Waals surface area contributed by atoms with E-state index in [9.17, 15) is 13.2 Å². The summed E-state index contributed by atoms with van der Waals surface area (Å²) in [7, 11) is -3.83. The number of benzene rings is 2. The summed E-state index contributed by atoms with van der Waals surface area (Å²) in [5.74, 6) is -1.17. The van der Waals surface area contributed by atoms with Crippen LogP contribution in [0.3, 0.4) is 0 Å². The maximum absolute atomic E-state index is 12.3. The summed E-state index contributed by atoms with van der Waals surface area (Å²) in [6.07, 6.45) is 1.85. The van der Waals surface area contributed by atoms with Gasteiger partial charge in [0, 0.05) is 4.90 Å². The molecule has 2 rings (SSSR count). The second kappa shape index (κ2) is 6.19. The van der Waals surface area contributed by atoms with Crippen LogP contribution in [0.5, 0.6) is 0 Å². The molecule has 0 aromatic heterocycles. The van der Waals surface area contributed by atoms with Crippen LogP contribution in [0.2, 0.25) is 0 Å². The average Bonchev–Trinajstić information content (AvgIpc) is 2.47. The molecule has 0 aliphatic heterocycles. The van der Waals surface area contributed by atoms with Crippen molar-refractivity contribution in [3.05, 3.63) is 54.1 Å². The Hall–Kier alpha value is -1.99. The Morgan fingerprint density at radius 2 is 1.86 bits per heavy atom. The van der Waals surface area contributed by atoms with Crippen LogP contribution in [-0.4, -0.2) is 25.7 Å². The molecule has 21 heavy (non-hydrogen) atoms. The highest BCUT2D eigenvalue weighted by molar-refractivity contribution is 7.99. The number of carboxylic acids is 1. The third kappa shape index (κ3) is 3.56. The van der Waals surface area contributed by atoms with Crippen LogP contribution in [0.15, 0.2) is 58.3 Å². The van der Waals surface area contributed by atoms with Crippen molar-refractivity contribution in [2.75, 3.05) is 11.0 Å². The molecule has 2 aromatic rings. The van der Waals surface area contributed by atoms with Crippen molar-refractivity contribution in [2.24, 2.45) is 0 Å². The van der Waals surface area contributed by atoms with Crippen LogP contribution in [0.25, 0.3) is 0 Å². The fourth-order valence-electron chi connectivity index (χ4n) is 1.73. The lowest BCUT2D eigenvalue weighted by Gasteiger charge is -2.11. The predicted molar refractivity (Wildman–Crippen MR) is 82.4 cm³/mol. The lowest BCUT2D eigenvalue weighted by atomic mass is 10.2. The van der Waals surface area contributed by atoms with Gasteiger partial charge in [-0.15, -0.1) is 11.8 Å². The van der Waals surface area contributed by atoms with Crippen molar-refractivity contribution in [1.29, 1.82) is 0 Å². The first-order valence-electron chi connectivity index (χ1n) is 5.93. The van der Waals surface area contributed by atoms with Gasteiger partial charge in [0.05, 0.1) is 16.1 Å². The van der Waals surface area contributed by atoms with Crippen LogP contribution < -0.4 is 4.72 Å². The first kappa shape index (κ1) is 15.4. The third-order valence-electron chi connectivity index (χ3n) is 2.74. The molecule has 0 unspecified atom stereocenters. The average molecular weight is 323 g/mol. The van der Waals surface area contributed by atoms with Gasteiger partial charge in [0.2, 0.25) is 0 Å². The van der Waals surface area contributed by atoms with Crippen LogP contribution in [-0.2, 0) is 10.0 Å². The van der Waals surface area contributed by atoms with Gasteiger partial charge in [-0.3, -0.25) is 4.72 Å². The van der Waals surface area contributed by atoms with Gasteiger partial charge in [0.1, 0.15) is 0 Å². The number of carboxylic acid groups (broad SMARTS) is 1. The summed E-state index contributed by atoms with van der Waals surface area (Å²) in [4.78, 5) is 11.6. The molecule has 0 saturated carbocycles. The van der Waals surface area contributed by atoms with E-state index in [1.165, 1.54) is 30.0 Å². The van der Waals surface area contributed by atoms with Crippen molar-refractivity contribution in [2.45, 2.75) is 9.79 Å². The van der Waals surface area contributed by atoms with Crippen molar-refractivity contribution in [3.8, 4) is 0 Å². The molecular weight excluding hydrogens is 310 g/mol. The Balaban J connectivity index is 2.39. The molecule has 0 amide bonds. The Labute approximate surface area is 127 Å². The topological polar surface area (TPSA) is 83.5 Å². The molecule has 0 saturated heterocycles. The number of sulfonamides is 1. The predicted octanol–water partition coefficient (Wildman–Crippen LogP) is 2.91. The molecule has 0 fully saturated rings. The number of aromatic carboxylic acids is 1. The number of para-hydroxylation sites is 1. The van der Waals surface area contributed by atoms with Crippen LogP contribution >= 0.6 is 11.8 Å². The van der Waals surface area contributed by atoms with Crippen molar-refractivity contribution < 1.29 is 18.3 Å². The monoisotopic (exact) mass is 323 g/mol. The lowest BCUT2D eigenvalue weighted by molar-refractivity contribution is 0.0696. The zero-order valence-electron chi connectivity index (χ0n) is 11.1. The summed E-state index contributed by atoms with van der Waals surface area (Å²) >= 11 is 1.42. The molecule has 0 aliphatic rings. The number of thioether (sulfide) groups is 1. The maximum atomic E-state index is 12.3. The molecular formula is C14H13NO4S2. The summed E-state index contributed by atoms with van der Waals surface area (Å²) < 4.78 is 27.1. The zero-order chi connectivity index (χ0) is 15.5. The minimum absolute atomic E-state index is 0.0731. The van der Waals surface area contributed by atoms with Crippen LogP contribution in [0, 0.1) is 0 Å². The van der Waals surface area contributed by atoms with Gasteiger partial charge in [-0.25, -0.2) is 13.2 Å². The second-order valence-electron chi connectivity index (χ2n) is 4.14. The van der Waals surface area contributed by atoms with Gasteiger partial charge in [-0.2, -0.15) is 0 Å². The number of nitrogens with one attached hydrogen (secondary N) is 1. The molecule has 0 aliphatic carbocycles. The molecule has 5 nitrogen and oxygen atoms in total. The van der Waals surface area contributed by atoms with Gasteiger partial charge >= 0.3 is 5.97 Å². The van der Waals surface area contributed by atoms with Gasteiger partial charge in [-0.05, 0) is 36.6 Å². The first-order valence-corrected chi connectivity index (χ1v) is 8.64. The minimum Gasteiger partial charge on any atom is -0.478 e. The van der Waals surface area contributed by atoms with E-state index in [1.807, 2.05) is 12.3 Å². The van der Waals surface area contributed by atoms with Gasteiger partial charge in [-0.1, -0.05) is 18.2 Å². The van der Waals surface area contributed by atoms with E-state index >= 15 is 0 Å². The van der Waals surface area contributed by atoms with Gasteiger partial charge in [0.15, 0.2) is 0 Å². The molecule has 7 heteroatoms. The largest absolute Gasteiger partial charge is 0.478 e. The summed E-state index contributed by atoms with van der Waals surface area (Å²) in [6, 6.07) is 12.2. The SMILES string of the molecule is CSc1ccccc1NS(=O)(=O)c1cccc(C(=O)O)c1. The Kier molecular flexibility index (Phi) is 4.54. The molecule has 0 heterocycles. The van der Waals surface area contributed by atoms with E-state index in [-0.39, 0.29) is 10.5 Å². The van der Waals surface area contributed by atoms with Crippen molar-refractivity contribution in [3.63, 3.8) is 0 Å². The Bertz CT molecular complexity index is 772. The zero-order valence-corrected chi connectivity index (χ0v) is 12.7. The Morgan fingerprint density at radius 1 is 1.14 bits per heavy atom. The van der Waals surface area contributed by atoms with E-state index in [1.54, 1.807) is 18.2 Å². The minimum atomic E-state index is -3.83. The fourth-order valence-corrected chi connectivity index (χ4v) is 3.47. The van der Waals surface area contributed by atoms with E-state index in [4.69, 9.17) is 5.11 Å². The van der Waals surface area contributed by atoms with Crippen molar-refractivity contribution in [1.82, 2.24) is 0 Å². The molecule has 0 atom stereocenters. The summed E-state index contributed by atoms with van der Waals surface area (Å²) in [5, 5.41) is 8.93. The van der Waals surface area contributed by atoms with Crippen LogP contribution in [0.4, 0.5) is 5.69 Å². The van der Waals surface area contributed by atoms with Crippen LogP contribution in [0.1, 0.15) is 10.4 Å². The van der Waals surface area contributed by atoms with Gasteiger partial charge < -0.3 is 5.11 Å². The smallest absolute Gasteiger partial charge is 0.335 e. The number of anilines is 1. The lowest BCUT2D eigenvalue weighted by Crippen LogP contribution is -2.14. The summed E-state index contributed by atoms with van der Waals surface area (Å²) in [5.41, 5.74) is 0.391. The molecule has 2 aromatic carbocycles. The van der Waals surface area contributed by atoms with E-state index in [0.29, 0.717) is 5.69 Å². The Morgan fingerprint density at radius 3 is 2.52 bits per heavy atom. The number of rotatable bonds is 5. The standard InChI is InChI=1S/C14H13NO4S2/c1-20-13-8-3-2-7-12(13)15-21(18,19)11-6-4-5-10(9-11)14(16)17/h2-9,15H,1H3,(H,16,17). The van der Waals surface area contributed by atoms with E-state index in [2.05, 4.69) is 4.72 Å². The normalized spacial score (nSPS) is 11.1. The number of hydrogen-bond acceptors (Lipinski definition) is 4. The fraction of sp³-hybridized carbons (Fsp3) is 0.0714. The quantitative estimate of drug-likeness (QED) is 0.827. The number of carbonyl (C=O) groups is 1. The summed E-state index contributed by atoms with van der Waals surface area (Å²) in [6.45, 7) is 0. The van der Waals surface area contributed by atoms with E-state index < -0.39 is 16.0 Å². The number of hydrogen-bond donors (Lipinski definition) is 2. The molecule has 110 valence electrons. The molecule has 0 spiro atoms. The van der Waals surface area contributed by atoms with Crippen molar-refractivity contribution >= 4 is 33.4 Å². The highest BCUT2D eigenvalue weighted by Gasteiger charge is 2.17. The highest BCUT2D eigenvalue weighted by Crippen LogP contribution is 2.27. The first-order chi connectivity index (χ1) is 9.94. The maximum Gasteiger partial charge on any atom is 0.335 e. The second-order valence-corrected chi connectivity index (χ2v) is 6.67.